The molecule has 0 radical (unpaired) electrons. The fraction of sp³-hybridized carbons (Fsp3) is 0.643. The van der Waals surface area contributed by atoms with Gasteiger partial charge in [0.1, 0.15) is 10.7 Å². The van der Waals surface area contributed by atoms with Crippen LogP contribution in [0.25, 0.3) is 0 Å². The Labute approximate surface area is 117 Å². The molecule has 0 saturated carbocycles. The minimum atomic E-state index is 0.332. The van der Waals surface area contributed by atoms with E-state index in [9.17, 15) is 0 Å². The molecule has 2 atom stereocenters. The molecule has 2 fully saturated rings. The highest BCUT2D eigenvalue weighted by Gasteiger charge is 2.36. The largest absolute Gasteiger partial charge is 0.474 e. The Hall–Kier alpha value is -0.610. The van der Waals surface area contributed by atoms with Crippen LogP contribution in [-0.4, -0.2) is 35.1 Å². The minimum absolute atomic E-state index is 0.332. The second-order valence-corrected chi connectivity index (χ2v) is 6.23. The number of rotatable bonds is 2. The van der Waals surface area contributed by atoms with E-state index < -0.39 is 0 Å². The van der Waals surface area contributed by atoms with Crippen molar-refractivity contribution in [2.75, 3.05) is 7.05 Å². The Morgan fingerprint density at radius 2 is 2.00 bits per heavy atom. The van der Waals surface area contributed by atoms with Gasteiger partial charge >= 0.3 is 0 Å². The zero-order valence-electron chi connectivity index (χ0n) is 10.7. The molecule has 0 N–H and O–H groups in total. The van der Waals surface area contributed by atoms with Crippen LogP contribution in [0.2, 0.25) is 0 Å². The molecule has 0 aliphatic carbocycles. The number of piperidine rings is 2. The minimum Gasteiger partial charge on any atom is -0.474 e. The average molecular weight is 311 g/mol. The molecule has 3 nitrogen and oxygen atoms in total. The maximum atomic E-state index is 6.05. The molecule has 2 saturated heterocycles. The lowest BCUT2D eigenvalue weighted by atomic mass is 9.83. The second kappa shape index (κ2) is 5.17. The van der Waals surface area contributed by atoms with Gasteiger partial charge in [-0.3, -0.25) is 0 Å². The van der Waals surface area contributed by atoms with E-state index in [-0.39, 0.29) is 0 Å². The zero-order valence-corrected chi connectivity index (χ0v) is 12.3. The van der Waals surface area contributed by atoms with Crippen molar-refractivity contribution in [2.45, 2.75) is 50.3 Å². The lowest BCUT2D eigenvalue weighted by molar-refractivity contribution is -0.00148. The maximum absolute atomic E-state index is 6.05. The molecule has 1 aromatic heterocycles. The predicted molar refractivity (Wildman–Crippen MR) is 74.8 cm³/mol. The third-order valence-electron chi connectivity index (χ3n) is 4.27. The van der Waals surface area contributed by atoms with E-state index in [1.54, 1.807) is 0 Å². The Balaban J connectivity index is 1.68. The number of hydrogen-bond acceptors (Lipinski definition) is 3. The van der Waals surface area contributed by atoms with Gasteiger partial charge in [-0.2, -0.15) is 0 Å². The third kappa shape index (κ3) is 2.54. The first kappa shape index (κ1) is 12.4. The van der Waals surface area contributed by atoms with Gasteiger partial charge in [0.05, 0.1) is 0 Å². The number of halogens is 1. The second-order valence-electron chi connectivity index (χ2n) is 5.41. The van der Waals surface area contributed by atoms with Crippen LogP contribution in [0.5, 0.6) is 5.88 Å². The smallest absolute Gasteiger partial charge is 0.214 e. The highest BCUT2D eigenvalue weighted by molar-refractivity contribution is 9.10. The van der Waals surface area contributed by atoms with Gasteiger partial charge in [-0.05, 0) is 54.7 Å². The molecule has 98 valence electrons. The molecule has 2 aliphatic rings. The van der Waals surface area contributed by atoms with Gasteiger partial charge in [-0.1, -0.05) is 12.5 Å². The van der Waals surface area contributed by atoms with Crippen LogP contribution in [-0.2, 0) is 0 Å². The van der Waals surface area contributed by atoms with Crippen LogP contribution in [0.1, 0.15) is 32.1 Å². The van der Waals surface area contributed by atoms with Crippen molar-refractivity contribution in [3.8, 4) is 5.88 Å². The molecule has 3 rings (SSSR count). The number of hydrogen-bond donors (Lipinski definition) is 0. The van der Waals surface area contributed by atoms with Gasteiger partial charge in [0.15, 0.2) is 0 Å². The summed E-state index contributed by atoms with van der Waals surface area (Å²) in [6.45, 7) is 0. The fourth-order valence-corrected chi connectivity index (χ4v) is 3.62. The van der Waals surface area contributed by atoms with Crippen molar-refractivity contribution in [2.24, 2.45) is 0 Å². The van der Waals surface area contributed by atoms with Gasteiger partial charge in [-0.15, -0.1) is 0 Å². The lowest BCUT2D eigenvalue weighted by Crippen LogP contribution is -2.52. The summed E-state index contributed by atoms with van der Waals surface area (Å²) in [7, 11) is 2.27. The van der Waals surface area contributed by atoms with E-state index in [1.165, 1.54) is 19.3 Å². The SMILES string of the molecule is CN1C2CCCC1CC(Oc1cccc(Br)n1)C2. The standard InChI is InChI=1S/C14H19BrN2O/c1-17-10-4-2-5-11(17)9-12(8-10)18-14-7-3-6-13(15)16-14/h3,6-7,10-12H,2,4-5,8-9H2,1H3. The van der Waals surface area contributed by atoms with Crippen LogP contribution in [0.3, 0.4) is 0 Å². The first-order chi connectivity index (χ1) is 8.72. The zero-order chi connectivity index (χ0) is 12.5. The predicted octanol–water partition coefficient (Wildman–Crippen LogP) is 3.24. The van der Waals surface area contributed by atoms with Crippen LogP contribution in [0, 0.1) is 0 Å². The van der Waals surface area contributed by atoms with Crippen molar-refractivity contribution in [1.82, 2.24) is 9.88 Å². The Bertz CT molecular complexity index is 412. The van der Waals surface area contributed by atoms with E-state index in [1.807, 2.05) is 18.2 Å². The summed E-state index contributed by atoms with van der Waals surface area (Å²) in [6.07, 6.45) is 6.62. The van der Waals surface area contributed by atoms with E-state index in [4.69, 9.17) is 4.74 Å². The van der Waals surface area contributed by atoms with Crippen LogP contribution < -0.4 is 4.74 Å². The fourth-order valence-electron chi connectivity index (χ4n) is 3.29. The third-order valence-corrected chi connectivity index (χ3v) is 4.72. The molecule has 0 spiro atoms. The number of ether oxygens (including phenoxy) is 1. The summed E-state index contributed by atoms with van der Waals surface area (Å²) in [5, 5.41) is 0. The number of nitrogens with zero attached hydrogens (tertiary/aromatic N) is 2. The number of pyridine rings is 1. The van der Waals surface area contributed by atoms with Crippen LogP contribution >= 0.6 is 15.9 Å². The molecule has 4 heteroatoms. The molecule has 2 aliphatic heterocycles. The Kier molecular flexibility index (Phi) is 3.57. The van der Waals surface area contributed by atoms with Gasteiger partial charge in [0.25, 0.3) is 0 Å². The molecule has 2 unspecified atom stereocenters. The van der Waals surface area contributed by atoms with E-state index in [0.29, 0.717) is 18.2 Å². The molecule has 2 bridgehead atoms. The summed E-state index contributed by atoms with van der Waals surface area (Å²) in [5.41, 5.74) is 0. The summed E-state index contributed by atoms with van der Waals surface area (Å²) in [4.78, 5) is 6.91. The topological polar surface area (TPSA) is 25.4 Å². The van der Waals surface area contributed by atoms with E-state index in [2.05, 4.69) is 32.9 Å². The van der Waals surface area contributed by atoms with Crippen LogP contribution in [0.4, 0.5) is 0 Å². The summed E-state index contributed by atoms with van der Waals surface area (Å²) >= 11 is 3.39. The summed E-state index contributed by atoms with van der Waals surface area (Å²) in [6, 6.07) is 7.25. The monoisotopic (exact) mass is 310 g/mol. The molecule has 0 aromatic carbocycles. The Morgan fingerprint density at radius 3 is 2.67 bits per heavy atom. The summed E-state index contributed by atoms with van der Waals surface area (Å²) in [5.74, 6) is 0.747. The highest BCUT2D eigenvalue weighted by Crippen LogP contribution is 2.34. The van der Waals surface area contributed by atoms with Crippen molar-refractivity contribution >= 4 is 15.9 Å². The number of aromatic nitrogens is 1. The molecule has 1 aromatic rings. The quantitative estimate of drug-likeness (QED) is 0.784. The first-order valence-corrected chi connectivity index (χ1v) is 7.53. The molecular formula is C14H19BrN2O. The van der Waals surface area contributed by atoms with Gasteiger partial charge in [-0.25, -0.2) is 4.98 Å². The molecule has 3 heterocycles. The molecular weight excluding hydrogens is 292 g/mol. The van der Waals surface area contributed by atoms with Crippen molar-refractivity contribution in [3.05, 3.63) is 22.8 Å². The van der Waals surface area contributed by atoms with Crippen molar-refractivity contribution < 1.29 is 4.74 Å². The molecule has 0 amide bonds. The Morgan fingerprint density at radius 1 is 1.28 bits per heavy atom. The first-order valence-electron chi connectivity index (χ1n) is 6.73. The molecule has 18 heavy (non-hydrogen) atoms. The van der Waals surface area contributed by atoms with E-state index in [0.717, 1.165) is 23.3 Å². The van der Waals surface area contributed by atoms with Gasteiger partial charge < -0.3 is 9.64 Å². The van der Waals surface area contributed by atoms with Gasteiger partial charge in [0, 0.05) is 18.2 Å². The number of fused-ring (bicyclic) bond motifs is 2. The van der Waals surface area contributed by atoms with E-state index >= 15 is 0 Å². The van der Waals surface area contributed by atoms with Crippen LogP contribution in [0.15, 0.2) is 22.8 Å². The van der Waals surface area contributed by atoms with Gasteiger partial charge in [0.2, 0.25) is 5.88 Å². The maximum Gasteiger partial charge on any atom is 0.214 e. The normalized spacial score (nSPS) is 32.2. The lowest BCUT2D eigenvalue weighted by Gasteiger charge is -2.46. The summed E-state index contributed by atoms with van der Waals surface area (Å²) < 4.78 is 6.89. The van der Waals surface area contributed by atoms with Crippen molar-refractivity contribution in [1.29, 1.82) is 0 Å². The van der Waals surface area contributed by atoms with Crippen molar-refractivity contribution in [3.63, 3.8) is 0 Å². The average Bonchev–Trinajstić information content (AvgIpc) is 2.30. The highest BCUT2D eigenvalue weighted by atomic mass is 79.9.